The molecule has 134 valence electrons. The highest BCUT2D eigenvalue weighted by molar-refractivity contribution is 6.33. The van der Waals surface area contributed by atoms with Crippen LogP contribution in [0.2, 0.25) is 5.02 Å². The number of ether oxygens (including phenoxy) is 2. The fourth-order valence-corrected chi connectivity index (χ4v) is 2.50. The average Bonchev–Trinajstić information content (AvgIpc) is 3.10. The van der Waals surface area contributed by atoms with Crippen LogP contribution in [-0.2, 0) is 11.3 Å². The minimum absolute atomic E-state index is 0.105. The zero-order valence-corrected chi connectivity index (χ0v) is 14.9. The van der Waals surface area contributed by atoms with E-state index in [1.54, 1.807) is 37.4 Å². The quantitative estimate of drug-likeness (QED) is 0.714. The van der Waals surface area contributed by atoms with Crippen molar-refractivity contribution in [3.8, 4) is 22.9 Å². The number of nitrogens with one attached hydrogen (secondary N) is 1. The highest BCUT2D eigenvalue weighted by atomic mass is 35.5. The number of anilines is 1. The maximum atomic E-state index is 12.3. The van der Waals surface area contributed by atoms with E-state index in [1.807, 2.05) is 12.1 Å². The van der Waals surface area contributed by atoms with Gasteiger partial charge < -0.3 is 14.8 Å². The van der Waals surface area contributed by atoms with Crippen LogP contribution in [0.3, 0.4) is 0 Å². The first-order valence-corrected chi connectivity index (χ1v) is 8.03. The minimum atomic E-state index is -0.323. The van der Waals surface area contributed by atoms with E-state index >= 15 is 0 Å². The molecule has 0 fully saturated rings. The van der Waals surface area contributed by atoms with Crippen LogP contribution in [-0.4, -0.2) is 40.3 Å². The Morgan fingerprint density at radius 2 is 2.00 bits per heavy atom. The second kappa shape index (κ2) is 7.83. The fourth-order valence-electron chi connectivity index (χ4n) is 2.28. The van der Waals surface area contributed by atoms with Gasteiger partial charge in [-0.05, 0) is 29.5 Å². The highest BCUT2D eigenvalue weighted by Gasteiger charge is 2.13. The lowest BCUT2D eigenvalue weighted by molar-refractivity contribution is -0.117. The van der Waals surface area contributed by atoms with E-state index in [0.717, 1.165) is 0 Å². The van der Waals surface area contributed by atoms with E-state index in [4.69, 9.17) is 21.1 Å². The number of aromatic nitrogens is 4. The summed E-state index contributed by atoms with van der Waals surface area (Å²) in [4.78, 5) is 13.5. The molecule has 0 spiro atoms. The van der Waals surface area contributed by atoms with Gasteiger partial charge in [-0.2, -0.15) is 4.80 Å². The highest BCUT2D eigenvalue weighted by Crippen LogP contribution is 2.29. The number of tetrazole rings is 1. The molecule has 0 bridgehead atoms. The third kappa shape index (κ3) is 3.92. The number of halogens is 1. The predicted molar refractivity (Wildman–Crippen MR) is 96.4 cm³/mol. The Morgan fingerprint density at radius 3 is 2.73 bits per heavy atom. The van der Waals surface area contributed by atoms with Gasteiger partial charge in [0.15, 0.2) is 0 Å². The largest absolute Gasteiger partial charge is 0.497 e. The van der Waals surface area contributed by atoms with Crippen LogP contribution < -0.4 is 14.8 Å². The van der Waals surface area contributed by atoms with Gasteiger partial charge in [-0.1, -0.05) is 23.7 Å². The maximum Gasteiger partial charge on any atom is 0.248 e. The van der Waals surface area contributed by atoms with Crippen molar-refractivity contribution in [3.05, 3.63) is 47.5 Å². The van der Waals surface area contributed by atoms with Crippen LogP contribution in [0, 0.1) is 0 Å². The lowest BCUT2D eigenvalue weighted by Gasteiger charge is -2.11. The Hall–Kier alpha value is -3.13. The molecule has 0 atom stereocenters. The standard InChI is InChI=1S/C17H16ClN5O3/c1-25-11-7-8-14(15(9-11)26-2)19-16(24)10-23-21-17(20-22-23)12-5-3-4-6-13(12)18/h3-9H,10H2,1-2H3,(H,19,24). The molecule has 0 unspecified atom stereocenters. The number of methoxy groups -OCH3 is 2. The van der Waals surface area contributed by atoms with Crippen LogP contribution in [0.4, 0.5) is 5.69 Å². The van der Waals surface area contributed by atoms with Gasteiger partial charge in [0, 0.05) is 11.6 Å². The van der Waals surface area contributed by atoms with Gasteiger partial charge in [-0.15, -0.1) is 10.2 Å². The Kier molecular flexibility index (Phi) is 5.33. The van der Waals surface area contributed by atoms with E-state index in [2.05, 4.69) is 20.7 Å². The molecule has 0 saturated carbocycles. The van der Waals surface area contributed by atoms with Crippen molar-refractivity contribution >= 4 is 23.2 Å². The zero-order valence-electron chi connectivity index (χ0n) is 14.1. The molecule has 1 aromatic heterocycles. The summed E-state index contributed by atoms with van der Waals surface area (Å²) in [7, 11) is 3.07. The van der Waals surface area contributed by atoms with Gasteiger partial charge in [-0.25, -0.2) is 0 Å². The number of nitrogens with zero attached hydrogens (tertiary/aromatic N) is 4. The molecule has 0 aliphatic heterocycles. The summed E-state index contributed by atoms with van der Waals surface area (Å²) in [6.07, 6.45) is 0. The van der Waals surface area contributed by atoms with Crippen LogP contribution in [0.5, 0.6) is 11.5 Å². The molecule has 1 amide bonds. The molecule has 0 saturated heterocycles. The molecule has 3 aromatic rings. The topological polar surface area (TPSA) is 91.2 Å². The number of hydrogen-bond donors (Lipinski definition) is 1. The van der Waals surface area contributed by atoms with Crippen molar-refractivity contribution in [1.82, 2.24) is 20.2 Å². The van der Waals surface area contributed by atoms with E-state index in [-0.39, 0.29) is 12.5 Å². The number of rotatable bonds is 6. The summed E-state index contributed by atoms with van der Waals surface area (Å²) in [6, 6.07) is 12.3. The molecule has 8 nitrogen and oxygen atoms in total. The third-order valence-corrected chi connectivity index (χ3v) is 3.87. The van der Waals surface area contributed by atoms with Gasteiger partial charge in [-0.3, -0.25) is 4.79 Å². The van der Waals surface area contributed by atoms with Crippen molar-refractivity contribution in [2.24, 2.45) is 0 Å². The molecule has 0 aliphatic rings. The molecular weight excluding hydrogens is 358 g/mol. The molecule has 0 aliphatic carbocycles. The summed E-state index contributed by atoms with van der Waals surface area (Å²) in [5.74, 6) is 1.14. The Balaban J connectivity index is 1.71. The van der Waals surface area contributed by atoms with E-state index < -0.39 is 0 Å². The molecule has 0 radical (unpaired) electrons. The first-order chi connectivity index (χ1) is 12.6. The first-order valence-electron chi connectivity index (χ1n) is 7.65. The second-order valence-corrected chi connectivity index (χ2v) is 5.64. The lowest BCUT2D eigenvalue weighted by atomic mass is 10.2. The third-order valence-electron chi connectivity index (χ3n) is 3.54. The maximum absolute atomic E-state index is 12.3. The predicted octanol–water partition coefficient (Wildman–Crippen LogP) is 2.65. The molecule has 9 heteroatoms. The molecular formula is C17H16ClN5O3. The number of carbonyl (C=O) groups excluding carboxylic acids is 1. The summed E-state index contributed by atoms with van der Waals surface area (Å²) < 4.78 is 10.4. The van der Waals surface area contributed by atoms with E-state index in [1.165, 1.54) is 11.9 Å². The summed E-state index contributed by atoms with van der Waals surface area (Å²) >= 11 is 6.12. The van der Waals surface area contributed by atoms with E-state index in [0.29, 0.717) is 33.6 Å². The van der Waals surface area contributed by atoms with Gasteiger partial charge in [0.05, 0.1) is 24.9 Å². The van der Waals surface area contributed by atoms with Gasteiger partial charge >= 0.3 is 0 Å². The Bertz CT molecular complexity index is 928. The van der Waals surface area contributed by atoms with Gasteiger partial charge in [0.25, 0.3) is 0 Å². The summed E-state index contributed by atoms with van der Waals surface area (Å²) in [5, 5.41) is 15.3. The molecule has 2 aromatic carbocycles. The number of amides is 1. The molecule has 1 N–H and O–H groups in total. The van der Waals surface area contributed by atoms with Crippen LogP contribution in [0.15, 0.2) is 42.5 Å². The smallest absolute Gasteiger partial charge is 0.248 e. The van der Waals surface area contributed by atoms with Crippen LogP contribution >= 0.6 is 11.6 Å². The minimum Gasteiger partial charge on any atom is -0.497 e. The monoisotopic (exact) mass is 373 g/mol. The SMILES string of the molecule is COc1ccc(NC(=O)Cn2nnc(-c3ccccc3Cl)n2)c(OC)c1. The van der Waals surface area contributed by atoms with Crippen molar-refractivity contribution < 1.29 is 14.3 Å². The van der Waals surface area contributed by atoms with Crippen LogP contribution in [0.25, 0.3) is 11.4 Å². The van der Waals surface area contributed by atoms with Crippen LogP contribution in [0.1, 0.15) is 0 Å². The van der Waals surface area contributed by atoms with Gasteiger partial charge in [0.1, 0.15) is 18.0 Å². The Labute approximate surface area is 154 Å². The fraction of sp³-hybridized carbons (Fsp3) is 0.176. The molecule has 1 heterocycles. The number of hydrogen-bond acceptors (Lipinski definition) is 6. The zero-order chi connectivity index (χ0) is 18.5. The first kappa shape index (κ1) is 17.7. The molecule has 26 heavy (non-hydrogen) atoms. The van der Waals surface area contributed by atoms with E-state index in [9.17, 15) is 4.79 Å². The Morgan fingerprint density at radius 1 is 1.19 bits per heavy atom. The lowest BCUT2D eigenvalue weighted by Crippen LogP contribution is -2.20. The van der Waals surface area contributed by atoms with Crippen molar-refractivity contribution in [1.29, 1.82) is 0 Å². The normalized spacial score (nSPS) is 10.4. The number of carbonyl (C=O) groups is 1. The summed E-state index contributed by atoms with van der Waals surface area (Å²) in [5.41, 5.74) is 1.17. The van der Waals surface area contributed by atoms with Crippen molar-refractivity contribution in [2.45, 2.75) is 6.54 Å². The number of benzene rings is 2. The van der Waals surface area contributed by atoms with Crippen molar-refractivity contribution in [3.63, 3.8) is 0 Å². The van der Waals surface area contributed by atoms with Gasteiger partial charge in [0.2, 0.25) is 11.7 Å². The summed E-state index contributed by atoms with van der Waals surface area (Å²) in [6.45, 7) is -0.105. The second-order valence-electron chi connectivity index (χ2n) is 5.24. The average molecular weight is 374 g/mol. The molecule has 3 rings (SSSR count). The van der Waals surface area contributed by atoms with Crippen molar-refractivity contribution in [2.75, 3.05) is 19.5 Å².